The molecule has 0 aliphatic rings. The van der Waals surface area contributed by atoms with Crippen LogP contribution in [0.4, 0.5) is 0 Å². The van der Waals surface area contributed by atoms with Crippen LogP contribution in [0, 0.1) is 0 Å². The van der Waals surface area contributed by atoms with Gasteiger partial charge in [0.1, 0.15) is 25.3 Å². The molecule has 240 valence electrons. The Kier molecular flexibility index (Phi) is 100. The van der Waals surface area contributed by atoms with Gasteiger partial charge in [-0.15, -0.1) is 10.2 Å². The SMILES string of the molecule is CC.CC.CC.CC.CC.CC.CC.CC.Cn1cccc1.Cn1ccnc1.Cn1cncn1.Cn1cnnc1. The second-order valence-corrected chi connectivity index (χ2v) is 4.77. The van der Waals surface area contributed by atoms with Gasteiger partial charge in [0.2, 0.25) is 0 Å². The van der Waals surface area contributed by atoms with Gasteiger partial charge in [-0.25, -0.2) is 9.97 Å². The topological polar surface area (TPSA) is 84.2 Å². The fourth-order valence-corrected chi connectivity index (χ4v) is 1.27. The van der Waals surface area contributed by atoms with Gasteiger partial charge in [-0.05, 0) is 12.1 Å². The fourth-order valence-electron chi connectivity index (χ4n) is 1.27. The number of nitrogens with zero attached hydrogens (tertiary/aromatic N) is 9. The minimum atomic E-state index is 1.50. The van der Waals surface area contributed by atoms with Crippen molar-refractivity contribution in [3.05, 3.63) is 68.6 Å². The third kappa shape index (κ3) is 64.6. The lowest BCUT2D eigenvalue weighted by Gasteiger charge is -1.79. The van der Waals surface area contributed by atoms with Crippen LogP contribution in [0.1, 0.15) is 111 Å². The Morgan fingerprint density at radius 3 is 0.900 bits per heavy atom. The first kappa shape index (κ1) is 56.8. The van der Waals surface area contributed by atoms with E-state index in [1.807, 2.05) is 179 Å². The van der Waals surface area contributed by atoms with E-state index in [1.54, 1.807) is 40.8 Å². The minimum Gasteiger partial charge on any atom is -0.357 e. The summed E-state index contributed by atoms with van der Waals surface area (Å²) in [4.78, 5) is 7.46. The highest BCUT2D eigenvalue weighted by atomic mass is 15.3. The Morgan fingerprint density at radius 2 is 0.800 bits per heavy atom. The summed E-state index contributed by atoms with van der Waals surface area (Å²) in [5.74, 6) is 0. The van der Waals surface area contributed by atoms with Crippen LogP contribution in [0.5, 0.6) is 0 Å². The van der Waals surface area contributed by atoms with E-state index in [1.165, 1.54) is 6.33 Å². The first-order valence-corrected chi connectivity index (χ1v) is 15.1. The van der Waals surface area contributed by atoms with Crippen LogP contribution in [0.25, 0.3) is 0 Å². The summed E-state index contributed by atoms with van der Waals surface area (Å²) < 4.78 is 7.31. The molecule has 0 atom stereocenters. The maximum Gasteiger partial charge on any atom is 0.137 e. The first-order valence-electron chi connectivity index (χ1n) is 15.1. The van der Waals surface area contributed by atoms with Crippen LogP contribution in [-0.4, -0.2) is 43.6 Å². The first-order chi connectivity index (χ1) is 19.6. The zero-order chi connectivity index (χ0) is 33.6. The molecule has 0 aliphatic heterocycles. The van der Waals surface area contributed by atoms with E-state index in [4.69, 9.17) is 0 Å². The monoisotopic (exact) mass is 570 g/mol. The molecule has 0 N–H and O–H groups in total. The lowest BCUT2D eigenvalue weighted by molar-refractivity contribution is 0.765. The molecule has 0 amide bonds. The molecule has 4 aromatic heterocycles. The van der Waals surface area contributed by atoms with Gasteiger partial charge in [-0.1, -0.05) is 111 Å². The molecule has 0 aliphatic carbocycles. The highest BCUT2D eigenvalue weighted by Crippen LogP contribution is 1.80. The Bertz CT molecular complexity index is 574. The van der Waals surface area contributed by atoms with Gasteiger partial charge < -0.3 is 13.7 Å². The quantitative estimate of drug-likeness (QED) is 0.211. The van der Waals surface area contributed by atoms with Crippen molar-refractivity contribution in [3.63, 3.8) is 0 Å². The van der Waals surface area contributed by atoms with Gasteiger partial charge in [0.05, 0.1) is 6.33 Å². The largest absolute Gasteiger partial charge is 0.357 e. The lowest BCUT2D eigenvalue weighted by atomic mass is 10.7. The van der Waals surface area contributed by atoms with Crippen LogP contribution in [-0.2, 0) is 28.2 Å². The normalized spacial score (nSPS) is 6.50. The molecule has 4 rings (SSSR count). The van der Waals surface area contributed by atoms with E-state index in [9.17, 15) is 0 Å². The molecule has 0 fully saturated rings. The summed E-state index contributed by atoms with van der Waals surface area (Å²) >= 11 is 0. The second-order valence-electron chi connectivity index (χ2n) is 4.77. The molecule has 9 nitrogen and oxygen atoms in total. The van der Waals surface area contributed by atoms with Crippen molar-refractivity contribution >= 4 is 0 Å². The molecule has 0 spiro atoms. The van der Waals surface area contributed by atoms with Crippen molar-refractivity contribution in [2.45, 2.75) is 111 Å². The highest BCUT2D eigenvalue weighted by molar-refractivity contribution is 4.88. The van der Waals surface area contributed by atoms with Gasteiger partial charge in [0, 0.05) is 53.0 Å². The van der Waals surface area contributed by atoms with Crippen LogP contribution in [0.15, 0.2) is 68.6 Å². The molecule has 0 bridgehead atoms. The number of rotatable bonds is 0. The molecule has 40 heavy (non-hydrogen) atoms. The molecule has 4 heterocycles. The summed E-state index contributed by atoms with van der Waals surface area (Å²) in [5.41, 5.74) is 0. The highest BCUT2D eigenvalue weighted by Gasteiger charge is 1.71. The predicted molar refractivity (Wildman–Crippen MR) is 181 cm³/mol. The molecular weight excluding hydrogens is 498 g/mol. The third-order valence-corrected chi connectivity index (χ3v) is 2.46. The molecule has 4 aromatic rings. The van der Waals surface area contributed by atoms with Crippen molar-refractivity contribution in [3.8, 4) is 0 Å². The van der Waals surface area contributed by atoms with Gasteiger partial charge in [0.25, 0.3) is 0 Å². The smallest absolute Gasteiger partial charge is 0.137 e. The Morgan fingerprint density at radius 1 is 0.400 bits per heavy atom. The Hall–Kier alpha value is -3.23. The maximum atomic E-state index is 3.78. The van der Waals surface area contributed by atoms with E-state index in [0.29, 0.717) is 0 Å². The molecule has 0 unspecified atom stereocenters. The lowest BCUT2D eigenvalue weighted by Crippen LogP contribution is -1.83. The van der Waals surface area contributed by atoms with Crippen LogP contribution < -0.4 is 0 Å². The van der Waals surface area contributed by atoms with Crippen molar-refractivity contribution in [1.29, 1.82) is 0 Å². The number of aromatic nitrogens is 9. The van der Waals surface area contributed by atoms with Crippen LogP contribution in [0.2, 0.25) is 0 Å². The van der Waals surface area contributed by atoms with E-state index < -0.39 is 0 Å². The van der Waals surface area contributed by atoms with Crippen LogP contribution in [0.3, 0.4) is 0 Å². The van der Waals surface area contributed by atoms with E-state index >= 15 is 0 Å². The Labute approximate surface area is 251 Å². The molecular formula is C31H71N9. The van der Waals surface area contributed by atoms with E-state index in [2.05, 4.69) is 25.3 Å². The fraction of sp³-hybridized carbons (Fsp3) is 0.645. The number of hydrogen-bond acceptors (Lipinski definition) is 5. The average Bonchev–Trinajstić information content (AvgIpc) is 3.91. The summed E-state index contributed by atoms with van der Waals surface area (Å²) in [5, 5.41) is 10.8. The predicted octanol–water partition coefficient (Wildman–Crippen LogP) is 9.29. The van der Waals surface area contributed by atoms with Crippen LogP contribution >= 0.6 is 0 Å². The van der Waals surface area contributed by atoms with Gasteiger partial charge in [-0.3, -0.25) is 4.68 Å². The summed E-state index contributed by atoms with van der Waals surface area (Å²) in [6.07, 6.45) is 15.8. The summed E-state index contributed by atoms with van der Waals surface area (Å²) in [6.45, 7) is 32.0. The number of aryl methyl sites for hydroxylation is 4. The van der Waals surface area contributed by atoms with Gasteiger partial charge in [0.15, 0.2) is 0 Å². The standard InChI is InChI=1S/C5H7N.C4H6N2.2C3H5N3.8C2H6/c1-6-4-2-3-5-6;1-6-3-2-5-4-6;1-6-2-4-5-3-6;1-6-3-4-2-5-6;8*1-2/h2-5H,1H3;2-4H,1H3;2*2-3H,1H3;8*1-2H3. The van der Waals surface area contributed by atoms with Crippen molar-refractivity contribution < 1.29 is 0 Å². The summed E-state index contributed by atoms with van der Waals surface area (Å²) in [7, 11) is 7.64. The van der Waals surface area contributed by atoms with E-state index in [0.717, 1.165) is 0 Å². The molecule has 9 heteroatoms. The Balaban J connectivity index is -0.0000000489. The molecule has 0 saturated carbocycles. The third-order valence-electron chi connectivity index (χ3n) is 2.46. The van der Waals surface area contributed by atoms with Crippen molar-refractivity contribution in [1.82, 2.24) is 43.6 Å². The zero-order valence-electron chi connectivity index (χ0n) is 30.4. The van der Waals surface area contributed by atoms with E-state index in [-0.39, 0.29) is 0 Å². The molecule has 0 radical (unpaired) electrons. The van der Waals surface area contributed by atoms with Gasteiger partial charge >= 0.3 is 0 Å². The maximum absolute atomic E-state index is 3.78. The molecule has 0 aromatic carbocycles. The minimum absolute atomic E-state index is 1.50. The average molecular weight is 570 g/mol. The zero-order valence-corrected chi connectivity index (χ0v) is 30.4. The van der Waals surface area contributed by atoms with Crippen molar-refractivity contribution in [2.24, 2.45) is 28.2 Å². The number of imidazole rings is 1. The number of hydrogen-bond donors (Lipinski definition) is 0. The van der Waals surface area contributed by atoms with Gasteiger partial charge in [-0.2, -0.15) is 5.10 Å². The second kappa shape index (κ2) is 70.5. The molecule has 0 saturated heterocycles. The summed E-state index contributed by atoms with van der Waals surface area (Å²) in [6, 6.07) is 4.00. The van der Waals surface area contributed by atoms with Crippen molar-refractivity contribution in [2.75, 3.05) is 0 Å².